The molecule has 0 saturated carbocycles. The number of aliphatic hydroxyl groups is 1. The van der Waals surface area contributed by atoms with Crippen molar-refractivity contribution in [1.29, 1.82) is 0 Å². The van der Waals surface area contributed by atoms with Gasteiger partial charge in [0.15, 0.2) is 5.78 Å². The second kappa shape index (κ2) is 16.0. The van der Waals surface area contributed by atoms with E-state index < -0.39 is 0 Å². The Hall–Kier alpha value is -3.25. The zero-order chi connectivity index (χ0) is 37.5. The molecule has 4 aromatic heterocycles. The number of furan rings is 2. The molecule has 281 valence electrons. The Labute approximate surface area is 327 Å². The van der Waals surface area contributed by atoms with E-state index in [-0.39, 0.29) is 47.9 Å². The fourth-order valence-corrected chi connectivity index (χ4v) is 7.85. The number of hydrogen-bond acceptors (Lipinski definition) is 6. The van der Waals surface area contributed by atoms with Gasteiger partial charge >= 0.3 is 0 Å². The Kier molecular flexibility index (Phi) is 12.8. The Morgan fingerprint density at radius 3 is 2.15 bits per heavy atom. The molecular formula is C45H56IrNO4S-. The predicted molar refractivity (Wildman–Crippen MR) is 216 cm³/mol. The number of rotatable bonds is 10. The molecule has 0 atom stereocenters. The van der Waals surface area contributed by atoms with Crippen molar-refractivity contribution in [3.63, 3.8) is 0 Å². The van der Waals surface area contributed by atoms with Gasteiger partial charge < -0.3 is 13.9 Å². The number of thiophene rings is 1. The van der Waals surface area contributed by atoms with E-state index in [4.69, 9.17) is 13.8 Å². The van der Waals surface area contributed by atoms with Crippen LogP contribution in [-0.2, 0) is 36.7 Å². The van der Waals surface area contributed by atoms with Crippen LogP contribution in [0.5, 0.6) is 0 Å². The Morgan fingerprint density at radius 2 is 1.56 bits per heavy atom. The van der Waals surface area contributed by atoms with E-state index in [0.29, 0.717) is 5.92 Å². The summed E-state index contributed by atoms with van der Waals surface area (Å²) in [7, 11) is 0. The summed E-state index contributed by atoms with van der Waals surface area (Å²) in [6.07, 6.45) is 7.55. The molecule has 1 N–H and O–H groups in total. The number of allylic oxidation sites excluding steroid dienone is 2. The van der Waals surface area contributed by atoms with Crippen molar-refractivity contribution in [2.75, 3.05) is 0 Å². The fourth-order valence-electron chi connectivity index (χ4n) is 6.77. The SMILES string of the molecule is CCC(C)(CC)C(=O)/C=C(\O)C(C)(CC)CC.Cc1oc2ccc3c(oc4ccnc(-c5[c-]c6ccsc6c(C(C)(C)C)c5)c43)c2c1CC(C)C.[Ir]. The number of aryl methyl sites for hydroxylation is 1. The normalized spacial score (nSPS) is 12.9. The molecule has 5 nitrogen and oxygen atoms in total. The average molecular weight is 899 g/mol. The molecule has 0 spiro atoms. The van der Waals surface area contributed by atoms with Gasteiger partial charge in [-0.1, -0.05) is 87.3 Å². The standard InChI is InChI=1S/C30H28NO2S.C15H28O2.Ir/c1-16(2)13-21-17(3)32-23-8-7-20-25-24(33-28(20)26(21)23)9-11-31-27(25)19-14-18-10-12-34-29(18)22(15-19)30(4,5)6;1-7-14(5,8-2)12(16)11-13(17)15(6,9-3)10-4;/h7-12,15-16H,13H2,1-6H3;11,16H,7-10H2,1-6H3;/q-1;;/b;12-11-;. The molecule has 0 aliphatic heterocycles. The third-order valence-corrected chi connectivity index (χ3v) is 12.2. The van der Waals surface area contributed by atoms with Crippen molar-refractivity contribution in [3.8, 4) is 11.3 Å². The van der Waals surface area contributed by atoms with Crippen molar-refractivity contribution in [3.05, 3.63) is 76.7 Å². The van der Waals surface area contributed by atoms with Crippen molar-refractivity contribution < 1.29 is 38.8 Å². The van der Waals surface area contributed by atoms with E-state index in [2.05, 4.69) is 77.3 Å². The topological polar surface area (TPSA) is 76.5 Å². The van der Waals surface area contributed by atoms with Crippen LogP contribution in [0, 0.1) is 29.7 Å². The van der Waals surface area contributed by atoms with Crippen LogP contribution >= 0.6 is 11.3 Å². The number of hydrogen-bond donors (Lipinski definition) is 1. The molecule has 0 fully saturated rings. The molecule has 0 amide bonds. The monoisotopic (exact) mass is 899 g/mol. The van der Waals surface area contributed by atoms with E-state index in [9.17, 15) is 9.90 Å². The van der Waals surface area contributed by atoms with Gasteiger partial charge in [-0.25, -0.2) is 0 Å². The first-order chi connectivity index (χ1) is 24.0. The largest absolute Gasteiger partial charge is 0.512 e. The van der Waals surface area contributed by atoms with Gasteiger partial charge in [0.25, 0.3) is 0 Å². The predicted octanol–water partition coefficient (Wildman–Crippen LogP) is 13.9. The number of nitrogens with zero attached hydrogens (tertiary/aromatic N) is 1. The van der Waals surface area contributed by atoms with Gasteiger partial charge in [0.1, 0.15) is 28.3 Å². The maximum absolute atomic E-state index is 12.2. The molecule has 7 heteroatoms. The van der Waals surface area contributed by atoms with Crippen LogP contribution in [0.1, 0.15) is 119 Å². The summed E-state index contributed by atoms with van der Waals surface area (Å²) in [6, 6.07) is 14.2. The van der Waals surface area contributed by atoms with E-state index in [1.807, 2.05) is 53.8 Å². The number of carbonyl (C=O) groups excluding carboxylic acids is 1. The van der Waals surface area contributed by atoms with Crippen LogP contribution in [0.3, 0.4) is 0 Å². The van der Waals surface area contributed by atoms with Crippen LogP contribution in [0.2, 0.25) is 0 Å². The van der Waals surface area contributed by atoms with Crippen molar-refractivity contribution in [2.24, 2.45) is 16.7 Å². The van der Waals surface area contributed by atoms with Crippen molar-refractivity contribution >= 4 is 60.1 Å². The number of aliphatic hydroxyl groups excluding tert-OH is 1. The summed E-state index contributed by atoms with van der Waals surface area (Å²) >= 11 is 1.78. The third-order valence-electron chi connectivity index (χ3n) is 11.2. The number of aromatic nitrogens is 1. The van der Waals surface area contributed by atoms with E-state index >= 15 is 0 Å². The molecule has 1 radical (unpaired) electrons. The third kappa shape index (κ3) is 7.84. The van der Waals surface area contributed by atoms with Gasteiger partial charge in [0, 0.05) is 65.2 Å². The first-order valence-corrected chi connectivity index (χ1v) is 19.5. The maximum Gasteiger partial charge on any atom is 0.164 e. The quantitative estimate of drug-likeness (QED) is 0.0842. The molecular weight excluding hydrogens is 843 g/mol. The number of benzene rings is 2. The van der Waals surface area contributed by atoms with Gasteiger partial charge in [-0.05, 0) is 78.6 Å². The zero-order valence-corrected chi connectivity index (χ0v) is 36.3. The minimum Gasteiger partial charge on any atom is -0.512 e. The molecule has 0 aliphatic carbocycles. The van der Waals surface area contributed by atoms with Gasteiger partial charge in [0.05, 0.1) is 5.39 Å². The van der Waals surface area contributed by atoms with Gasteiger partial charge in [-0.15, -0.1) is 23.6 Å². The van der Waals surface area contributed by atoms with Crippen LogP contribution in [0.15, 0.2) is 62.6 Å². The van der Waals surface area contributed by atoms with E-state index in [1.54, 1.807) is 11.3 Å². The molecule has 4 heterocycles. The summed E-state index contributed by atoms with van der Waals surface area (Å²) in [5.41, 5.74) is 6.53. The molecule has 6 aromatic rings. The Morgan fingerprint density at radius 1 is 0.923 bits per heavy atom. The van der Waals surface area contributed by atoms with Crippen LogP contribution < -0.4 is 0 Å². The first-order valence-electron chi connectivity index (χ1n) is 18.6. The second-order valence-corrected chi connectivity index (χ2v) is 17.0. The van der Waals surface area contributed by atoms with Crippen LogP contribution in [0.4, 0.5) is 0 Å². The average Bonchev–Trinajstić information content (AvgIpc) is 3.81. The van der Waals surface area contributed by atoms with E-state index in [1.165, 1.54) is 21.9 Å². The molecule has 52 heavy (non-hydrogen) atoms. The summed E-state index contributed by atoms with van der Waals surface area (Å²) in [4.78, 5) is 17.0. The van der Waals surface area contributed by atoms with Crippen molar-refractivity contribution in [2.45, 2.75) is 121 Å². The molecule has 6 rings (SSSR count). The maximum atomic E-state index is 12.2. The summed E-state index contributed by atoms with van der Waals surface area (Å²) < 4.78 is 14.0. The minimum absolute atomic E-state index is 0. The molecule has 0 bridgehead atoms. The minimum atomic E-state index is -0.337. The smallest absolute Gasteiger partial charge is 0.164 e. The molecule has 2 aromatic carbocycles. The Bertz CT molecular complexity index is 2220. The first kappa shape index (κ1) is 41.5. The van der Waals surface area contributed by atoms with Crippen LogP contribution in [-0.4, -0.2) is 15.9 Å². The van der Waals surface area contributed by atoms with Gasteiger partial charge in [-0.3, -0.25) is 9.78 Å². The summed E-state index contributed by atoms with van der Waals surface area (Å²) in [5.74, 6) is 1.79. The van der Waals surface area contributed by atoms with Crippen LogP contribution in [0.25, 0.3) is 54.3 Å². The van der Waals surface area contributed by atoms with Gasteiger partial charge in [0.2, 0.25) is 0 Å². The molecule has 0 unspecified atom stereocenters. The Balaban J connectivity index is 0.000000289. The summed E-state index contributed by atoms with van der Waals surface area (Å²) in [6.45, 7) is 25.4. The molecule has 0 saturated heterocycles. The van der Waals surface area contributed by atoms with E-state index in [0.717, 1.165) is 87.4 Å². The number of fused-ring (bicyclic) bond motifs is 6. The second-order valence-electron chi connectivity index (χ2n) is 16.1. The zero-order valence-electron chi connectivity index (χ0n) is 33.1. The number of carbonyl (C=O) groups is 1. The summed E-state index contributed by atoms with van der Waals surface area (Å²) in [5, 5.41) is 16.6. The number of ketones is 1. The number of pyridine rings is 1. The fraction of sp³-hybridized carbons (Fsp3) is 0.467. The van der Waals surface area contributed by atoms with Crippen molar-refractivity contribution in [1.82, 2.24) is 4.98 Å². The molecule has 0 aliphatic rings. The van der Waals surface area contributed by atoms with Gasteiger partial charge in [-0.2, -0.15) is 11.3 Å².